The van der Waals surface area contributed by atoms with Crippen molar-refractivity contribution >= 4 is 0 Å². The molecule has 0 amide bonds. The molecule has 1 aliphatic carbocycles. The average Bonchev–Trinajstić information content (AvgIpc) is 2.85. The van der Waals surface area contributed by atoms with Crippen LogP contribution in [0.25, 0.3) is 0 Å². The van der Waals surface area contributed by atoms with Crippen LogP contribution in [-0.4, -0.2) is 30.0 Å². The molecule has 3 nitrogen and oxygen atoms in total. The summed E-state index contributed by atoms with van der Waals surface area (Å²) in [5, 5.41) is 11.0. The first-order valence-corrected chi connectivity index (χ1v) is 7.75. The molecular weight excluding hydrogens is 264 g/mol. The van der Waals surface area contributed by atoms with Crippen LogP contribution in [0.15, 0.2) is 42.5 Å². The molecule has 3 rings (SSSR count). The van der Waals surface area contributed by atoms with E-state index in [0.29, 0.717) is 25.7 Å². The van der Waals surface area contributed by atoms with Gasteiger partial charge in [-0.05, 0) is 5.56 Å². The molecule has 3 heteroatoms. The summed E-state index contributed by atoms with van der Waals surface area (Å²) in [7, 11) is 0. The zero-order valence-corrected chi connectivity index (χ0v) is 12.7. The van der Waals surface area contributed by atoms with E-state index in [1.807, 2.05) is 18.2 Å². The fourth-order valence-corrected chi connectivity index (χ4v) is 3.51. The maximum absolute atomic E-state index is 11.0. The van der Waals surface area contributed by atoms with E-state index in [2.05, 4.69) is 38.1 Å². The Balaban J connectivity index is 1.75. The summed E-state index contributed by atoms with van der Waals surface area (Å²) in [5.41, 5.74) is 0.360. The molecule has 1 fully saturated rings. The van der Waals surface area contributed by atoms with Crippen molar-refractivity contribution in [2.75, 3.05) is 13.2 Å². The Morgan fingerprint density at radius 1 is 1.24 bits per heavy atom. The van der Waals surface area contributed by atoms with Gasteiger partial charge in [-0.25, -0.2) is 0 Å². The first-order chi connectivity index (χ1) is 10.1. The highest BCUT2D eigenvalue weighted by molar-refractivity contribution is 5.15. The Labute approximate surface area is 126 Å². The summed E-state index contributed by atoms with van der Waals surface area (Å²) >= 11 is 0. The Morgan fingerprint density at radius 3 is 2.76 bits per heavy atom. The summed E-state index contributed by atoms with van der Waals surface area (Å²) in [4.78, 5) is 0. The molecule has 1 aromatic rings. The highest BCUT2D eigenvalue weighted by Crippen LogP contribution is 2.41. The molecule has 0 spiro atoms. The van der Waals surface area contributed by atoms with Crippen LogP contribution in [0, 0.1) is 17.8 Å². The topological polar surface area (TPSA) is 38.7 Å². The zero-order valence-electron chi connectivity index (χ0n) is 12.7. The van der Waals surface area contributed by atoms with Gasteiger partial charge in [0.15, 0.2) is 0 Å². The quantitative estimate of drug-likeness (QED) is 0.869. The first kappa shape index (κ1) is 14.8. The van der Waals surface area contributed by atoms with Gasteiger partial charge in [0, 0.05) is 17.8 Å². The van der Waals surface area contributed by atoms with Gasteiger partial charge in [-0.3, -0.25) is 0 Å². The molecule has 21 heavy (non-hydrogen) atoms. The lowest BCUT2D eigenvalue weighted by Crippen LogP contribution is -2.48. The summed E-state index contributed by atoms with van der Waals surface area (Å²) < 4.78 is 11.7. The second-order valence-electron chi connectivity index (χ2n) is 6.41. The molecule has 0 unspecified atom stereocenters. The predicted molar refractivity (Wildman–Crippen MR) is 81.7 cm³/mol. The van der Waals surface area contributed by atoms with Crippen molar-refractivity contribution < 1.29 is 14.6 Å². The Morgan fingerprint density at radius 2 is 2.00 bits per heavy atom. The van der Waals surface area contributed by atoms with Gasteiger partial charge in [-0.1, -0.05) is 56.3 Å². The minimum Gasteiger partial charge on any atom is -0.386 e. The van der Waals surface area contributed by atoms with Gasteiger partial charge in [-0.15, -0.1) is 0 Å². The molecule has 1 aliphatic heterocycles. The molecule has 1 aromatic carbocycles. The molecule has 114 valence electrons. The lowest BCUT2D eigenvalue weighted by Gasteiger charge is -2.37. The number of ether oxygens (including phenoxy) is 2. The maximum atomic E-state index is 11.0. The second-order valence-corrected chi connectivity index (χ2v) is 6.41. The summed E-state index contributed by atoms with van der Waals surface area (Å²) in [6.07, 6.45) is 4.28. The van der Waals surface area contributed by atoms with Crippen molar-refractivity contribution in [2.45, 2.75) is 32.2 Å². The van der Waals surface area contributed by atoms with E-state index in [1.165, 1.54) is 0 Å². The van der Waals surface area contributed by atoms with Crippen LogP contribution in [0.4, 0.5) is 0 Å². The van der Waals surface area contributed by atoms with Crippen molar-refractivity contribution in [2.24, 2.45) is 17.8 Å². The molecule has 0 radical (unpaired) electrons. The van der Waals surface area contributed by atoms with Crippen molar-refractivity contribution in [3.05, 3.63) is 48.0 Å². The number of aliphatic hydroxyl groups is 1. The van der Waals surface area contributed by atoms with E-state index in [4.69, 9.17) is 9.47 Å². The lowest BCUT2D eigenvalue weighted by atomic mass is 9.77. The van der Waals surface area contributed by atoms with Crippen LogP contribution < -0.4 is 0 Å². The normalized spacial score (nSPS) is 39.0. The van der Waals surface area contributed by atoms with Crippen molar-refractivity contribution in [3.63, 3.8) is 0 Å². The van der Waals surface area contributed by atoms with Crippen LogP contribution in [0.5, 0.6) is 0 Å². The maximum Gasteiger partial charge on any atom is 0.101 e. The molecule has 0 saturated carbocycles. The molecule has 1 saturated heterocycles. The van der Waals surface area contributed by atoms with E-state index in [1.54, 1.807) is 0 Å². The molecule has 1 N–H and O–H groups in total. The summed E-state index contributed by atoms with van der Waals surface area (Å²) in [5.74, 6) is 0.414. The largest absolute Gasteiger partial charge is 0.386 e. The minimum absolute atomic E-state index is 0.00171. The van der Waals surface area contributed by atoms with Gasteiger partial charge in [0.05, 0.1) is 25.9 Å². The molecule has 0 aromatic heterocycles. The van der Waals surface area contributed by atoms with Gasteiger partial charge in [-0.2, -0.15) is 0 Å². The summed E-state index contributed by atoms with van der Waals surface area (Å²) in [6.45, 7) is 5.83. The minimum atomic E-state index is -0.803. The Bertz CT molecular complexity index is 498. The van der Waals surface area contributed by atoms with E-state index >= 15 is 0 Å². The van der Waals surface area contributed by atoms with Crippen molar-refractivity contribution in [1.29, 1.82) is 0 Å². The lowest BCUT2D eigenvalue weighted by molar-refractivity contribution is -0.111. The molecule has 1 heterocycles. The number of benzene rings is 1. The van der Waals surface area contributed by atoms with Crippen molar-refractivity contribution in [3.8, 4) is 0 Å². The third-order valence-corrected chi connectivity index (χ3v) is 5.00. The van der Waals surface area contributed by atoms with E-state index in [-0.39, 0.29) is 17.9 Å². The standard InChI is InChI=1S/C18H24O3/c1-13-8-9-16-11-20-12-18(16,19)14(2)17(13)21-10-15-6-4-3-5-7-15/h3-9,13-14,16-17,19H,10-12H2,1-2H3/t13-,14-,16+,17-,18+/m0/s1. The monoisotopic (exact) mass is 288 g/mol. The predicted octanol–water partition coefficient (Wildman–Crippen LogP) is 2.79. The highest BCUT2D eigenvalue weighted by atomic mass is 16.5. The summed E-state index contributed by atoms with van der Waals surface area (Å²) in [6, 6.07) is 10.2. The van der Waals surface area contributed by atoms with Crippen LogP contribution >= 0.6 is 0 Å². The van der Waals surface area contributed by atoms with E-state index in [9.17, 15) is 5.11 Å². The van der Waals surface area contributed by atoms with Crippen molar-refractivity contribution in [1.82, 2.24) is 0 Å². The third kappa shape index (κ3) is 2.78. The number of fused-ring (bicyclic) bond motifs is 1. The SMILES string of the molecule is C[C@H]1C=C[C@@H]2COC[C@@]2(O)[C@@H](C)[C@H]1OCc1ccccc1. The zero-order chi connectivity index (χ0) is 14.9. The Kier molecular flexibility index (Phi) is 4.16. The van der Waals surface area contributed by atoms with Gasteiger partial charge in [0.25, 0.3) is 0 Å². The van der Waals surface area contributed by atoms with Crippen LogP contribution in [-0.2, 0) is 16.1 Å². The van der Waals surface area contributed by atoms with E-state index in [0.717, 1.165) is 5.56 Å². The number of hydrogen-bond donors (Lipinski definition) is 1. The van der Waals surface area contributed by atoms with Gasteiger partial charge < -0.3 is 14.6 Å². The molecule has 2 aliphatic rings. The highest BCUT2D eigenvalue weighted by Gasteiger charge is 2.50. The Hall–Kier alpha value is -1.16. The number of rotatable bonds is 3. The fraction of sp³-hybridized carbons (Fsp3) is 0.556. The fourth-order valence-electron chi connectivity index (χ4n) is 3.51. The average molecular weight is 288 g/mol. The van der Waals surface area contributed by atoms with Gasteiger partial charge in [0.2, 0.25) is 0 Å². The van der Waals surface area contributed by atoms with E-state index < -0.39 is 5.60 Å². The van der Waals surface area contributed by atoms with Gasteiger partial charge >= 0.3 is 0 Å². The second kappa shape index (κ2) is 5.91. The number of hydrogen-bond acceptors (Lipinski definition) is 3. The van der Waals surface area contributed by atoms with Gasteiger partial charge in [0.1, 0.15) is 5.60 Å². The smallest absolute Gasteiger partial charge is 0.101 e. The third-order valence-electron chi connectivity index (χ3n) is 5.00. The van der Waals surface area contributed by atoms with Crippen LogP contribution in [0.1, 0.15) is 19.4 Å². The first-order valence-electron chi connectivity index (χ1n) is 7.75. The van der Waals surface area contributed by atoms with Crippen LogP contribution in [0.3, 0.4) is 0 Å². The molecule has 0 bridgehead atoms. The molecule has 5 atom stereocenters. The molecular formula is C18H24O3. The van der Waals surface area contributed by atoms with Crippen LogP contribution in [0.2, 0.25) is 0 Å².